The van der Waals surface area contributed by atoms with E-state index in [2.05, 4.69) is 19.1 Å². The van der Waals surface area contributed by atoms with E-state index in [1.807, 2.05) is 13.0 Å². The maximum Gasteiger partial charge on any atom is 0.124 e. The minimum atomic E-state index is 0.0450. The average Bonchev–Trinajstić information content (AvgIpc) is 2.91. The van der Waals surface area contributed by atoms with Gasteiger partial charge in [-0.25, -0.2) is 0 Å². The van der Waals surface area contributed by atoms with Crippen molar-refractivity contribution in [1.29, 1.82) is 0 Å². The van der Waals surface area contributed by atoms with Gasteiger partial charge < -0.3 is 10.5 Å². The lowest BCUT2D eigenvalue weighted by atomic mass is 10.1. The van der Waals surface area contributed by atoms with Gasteiger partial charge in [0.25, 0.3) is 0 Å². The number of nitrogens with two attached hydrogens (primary N) is 1. The first-order valence-corrected chi connectivity index (χ1v) is 5.19. The quantitative estimate of drug-likeness (QED) is 0.797. The number of hydrogen-bond acceptors (Lipinski definition) is 2. The molecule has 2 N–H and O–H groups in total. The molecule has 1 atom stereocenters. The van der Waals surface area contributed by atoms with Gasteiger partial charge in [0.1, 0.15) is 5.75 Å². The molecule has 0 bridgehead atoms. The van der Waals surface area contributed by atoms with Crippen molar-refractivity contribution in [2.24, 2.45) is 5.73 Å². The summed E-state index contributed by atoms with van der Waals surface area (Å²) in [7, 11) is 0. The molecule has 1 aromatic carbocycles. The van der Waals surface area contributed by atoms with E-state index in [-0.39, 0.29) is 6.04 Å². The summed E-state index contributed by atoms with van der Waals surface area (Å²) in [4.78, 5) is 0. The van der Waals surface area contributed by atoms with E-state index in [0.717, 1.165) is 11.3 Å². The van der Waals surface area contributed by atoms with E-state index < -0.39 is 0 Å². The standard InChI is InChI=1S/C12H17NO/c1-8-3-6-12(14-10-4-5-10)11(7-8)9(2)13/h3,6-7,9-10H,4-5,13H2,1-2H3/t9-/m0/s1. The number of ether oxygens (including phenoxy) is 1. The fraction of sp³-hybridized carbons (Fsp3) is 0.500. The zero-order valence-electron chi connectivity index (χ0n) is 8.79. The largest absolute Gasteiger partial charge is 0.490 e. The van der Waals surface area contributed by atoms with Gasteiger partial charge >= 0.3 is 0 Å². The van der Waals surface area contributed by atoms with Crippen LogP contribution in [0.25, 0.3) is 0 Å². The monoisotopic (exact) mass is 191 g/mol. The van der Waals surface area contributed by atoms with Crippen LogP contribution in [0.5, 0.6) is 5.75 Å². The second kappa shape index (κ2) is 3.62. The highest BCUT2D eigenvalue weighted by atomic mass is 16.5. The first-order chi connectivity index (χ1) is 6.66. The molecule has 0 amide bonds. The highest BCUT2D eigenvalue weighted by molar-refractivity contribution is 5.39. The van der Waals surface area contributed by atoms with E-state index in [4.69, 9.17) is 10.5 Å². The minimum absolute atomic E-state index is 0.0450. The predicted molar refractivity (Wildman–Crippen MR) is 57.4 cm³/mol. The zero-order chi connectivity index (χ0) is 10.1. The van der Waals surface area contributed by atoms with E-state index in [0.29, 0.717) is 6.10 Å². The fourth-order valence-corrected chi connectivity index (χ4v) is 1.50. The van der Waals surface area contributed by atoms with Crippen LogP contribution in [0.2, 0.25) is 0 Å². The summed E-state index contributed by atoms with van der Waals surface area (Å²) in [5, 5.41) is 0. The summed E-state index contributed by atoms with van der Waals surface area (Å²) in [6, 6.07) is 6.27. The third-order valence-electron chi connectivity index (χ3n) is 2.47. The summed E-state index contributed by atoms with van der Waals surface area (Å²) < 4.78 is 5.79. The van der Waals surface area contributed by atoms with Crippen LogP contribution >= 0.6 is 0 Å². The fourth-order valence-electron chi connectivity index (χ4n) is 1.50. The Labute approximate surface area is 85.1 Å². The van der Waals surface area contributed by atoms with Gasteiger partial charge in [0.05, 0.1) is 6.10 Å². The molecule has 0 heterocycles. The van der Waals surface area contributed by atoms with Crippen molar-refractivity contribution in [3.63, 3.8) is 0 Å². The Hall–Kier alpha value is -1.02. The summed E-state index contributed by atoms with van der Waals surface area (Å²) in [5.74, 6) is 0.966. The van der Waals surface area contributed by atoms with Gasteiger partial charge in [-0.15, -0.1) is 0 Å². The number of rotatable bonds is 3. The number of hydrogen-bond donors (Lipinski definition) is 1. The normalized spacial score (nSPS) is 17.9. The SMILES string of the molecule is Cc1ccc(OC2CC2)c([C@H](C)N)c1. The highest BCUT2D eigenvalue weighted by Crippen LogP contribution is 2.31. The summed E-state index contributed by atoms with van der Waals surface area (Å²) >= 11 is 0. The van der Waals surface area contributed by atoms with E-state index in [9.17, 15) is 0 Å². The van der Waals surface area contributed by atoms with Crippen LogP contribution in [-0.2, 0) is 0 Å². The molecule has 0 spiro atoms. The lowest BCUT2D eigenvalue weighted by molar-refractivity contribution is 0.298. The van der Waals surface area contributed by atoms with E-state index >= 15 is 0 Å². The molecule has 1 aromatic rings. The molecular formula is C12H17NO. The second-order valence-corrected chi connectivity index (χ2v) is 4.15. The molecule has 0 radical (unpaired) electrons. The van der Waals surface area contributed by atoms with Gasteiger partial charge in [0, 0.05) is 11.6 Å². The Bertz CT molecular complexity index is 329. The smallest absolute Gasteiger partial charge is 0.124 e. The number of aryl methyl sites for hydroxylation is 1. The van der Waals surface area contributed by atoms with Gasteiger partial charge in [-0.3, -0.25) is 0 Å². The van der Waals surface area contributed by atoms with Gasteiger partial charge in [-0.2, -0.15) is 0 Å². The first-order valence-electron chi connectivity index (χ1n) is 5.19. The van der Waals surface area contributed by atoms with Crippen molar-refractivity contribution >= 4 is 0 Å². The summed E-state index contributed by atoms with van der Waals surface area (Å²) in [6.07, 6.45) is 2.81. The van der Waals surface area contributed by atoms with Crippen LogP contribution in [-0.4, -0.2) is 6.10 Å². The molecule has 76 valence electrons. The van der Waals surface area contributed by atoms with Crippen LogP contribution in [0.3, 0.4) is 0 Å². The molecule has 1 saturated carbocycles. The molecule has 2 heteroatoms. The van der Waals surface area contributed by atoms with Crippen LogP contribution in [0, 0.1) is 6.92 Å². The van der Waals surface area contributed by atoms with Gasteiger partial charge in [0.2, 0.25) is 0 Å². The molecule has 1 fully saturated rings. The van der Waals surface area contributed by atoms with Crippen molar-refractivity contribution in [2.75, 3.05) is 0 Å². The maximum atomic E-state index is 5.90. The lowest BCUT2D eigenvalue weighted by Crippen LogP contribution is -2.09. The Kier molecular flexibility index (Phi) is 2.46. The second-order valence-electron chi connectivity index (χ2n) is 4.15. The molecule has 0 aromatic heterocycles. The molecule has 0 aliphatic heterocycles. The van der Waals surface area contributed by atoms with Gasteiger partial charge in [-0.05, 0) is 32.8 Å². The van der Waals surface area contributed by atoms with Crippen LogP contribution in [0.4, 0.5) is 0 Å². The third-order valence-corrected chi connectivity index (χ3v) is 2.47. The Balaban J connectivity index is 2.26. The van der Waals surface area contributed by atoms with E-state index in [1.54, 1.807) is 0 Å². The molecular weight excluding hydrogens is 174 g/mol. The average molecular weight is 191 g/mol. The minimum Gasteiger partial charge on any atom is -0.490 e. The molecule has 0 saturated heterocycles. The summed E-state index contributed by atoms with van der Waals surface area (Å²) in [6.45, 7) is 4.07. The first kappa shape index (κ1) is 9.53. The molecule has 1 aliphatic rings. The maximum absolute atomic E-state index is 5.90. The van der Waals surface area contributed by atoms with Crippen LogP contribution in [0.15, 0.2) is 18.2 Å². The molecule has 2 rings (SSSR count). The Morgan fingerprint density at radius 2 is 2.14 bits per heavy atom. The van der Waals surface area contributed by atoms with Gasteiger partial charge in [-0.1, -0.05) is 17.7 Å². The van der Waals surface area contributed by atoms with Crippen molar-refractivity contribution in [1.82, 2.24) is 0 Å². The predicted octanol–water partition coefficient (Wildman–Crippen LogP) is 2.56. The lowest BCUT2D eigenvalue weighted by Gasteiger charge is -2.14. The van der Waals surface area contributed by atoms with Gasteiger partial charge in [0.15, 0.2) is 0 Å². The topological polar surface area (TPSA) is 35.2 Å². The molecule has 14 heavy (non-hydrogen) atoms. The Morgan fingerprint density at radius 1 is 1.43 bits per heavy atom. The van der Waals surface area contributed by atoms with Crippen LogP contribution in [0.1, 0.15) is 36.9 Å². The van der Waals surface area contributed by atoms with Crippen molar-refractivity contribution < 1.29 is 4.74 Å². The molecule has 1 aliphatic carbocycles. The molecule has 0 unspecified atom stereocenters. The van der Waals surface area contributed by atoms with Crippen LogP contribution < -0.4 is 10.5 Å². The Morgan fingerprint density at radius 3 is 2.71 bits per heavy atom. The molecule has 2 nitrogen and oxygen atoms in total. The third kappa shape index (κ3) is 2.07. The summed E-state index contributed by atoms with van der Waals surface area (Å²) in [5.41, 5.74) is 8.26. The zero-order valence-corrected chi connectivity index (χ0v) is 8.79. The van der Waals surface area contributed by atoms with E-state index in [1.165, 1.54) is 18.4 Å². The number of benzene rings is 1. The van der Waals surface area contributed by atoms with Crippen molar-refractivity contribution in [3.8, 4) is 5.75 Å². The van der Waals surface area contributed by atoms with Crippen molar-refractivity contribution in [2.45, 2.75) is 38.8 Å². The van der Waals surface area contributed by atoms with Crippen molar-refractivity contribution in [3.05, 3.63) is 29.3 Å². The highest BCUT2D eigenvalue weighted by Gasteiger charge is 2.24.